The van der Waals surface area contributed by atoms with Crippen LogP contribution in [0.25, 0.3) is 0 Å². The summed E-state index contributed by atoms with van der Waals surface area (Å²) in [5, 5.41) is 9.61. The second-order valence-electron chi connectivity index (χ2n) is 6.16. The predicted octanol–water partition coefficient (Wildman–Crippen LogP) is 1.01. The molecule has 140 valence electrons. The highest BCUT2D eigenvalue weighted by atomic mass is 32.2. The third kappa shape index (κ3) is 3.19. The number of nitrogens with one attached hydrogen (secondary N) is 1. The molecular weight excluding hydrogens is 368 g/mol. The van der Waals surface area contributed by atoms with Crippen LogP contribution in [-0.4, -0.2) is 64.1 Å². The molecule has 1 aliphatic heterocycles. The van der Waals surface area contributed by atoms with E-state index in [1.54, 1.807) is 13.8 Å². The Balaban J connectivity index is 1.87. The lowest BCUT2D eigenvalue weighted by molar-refractivity contribution is 0.0500. The van der Waals surface area contributed by atoms with E-state index >= 15 is 0 Å². The van der Waals surface area contributed by atoms with E-state index in [4.69, 9.17) is 0 Å². The lowest BCUT2D eigenvalue weighted by atomic mass is 10.1. The molecule has 11 heteroatoms. The highest BCUT2D eigenvalue weighted by Crippen LogP contribution is 2.26. The van der Waals surface area contributed by atoms with Crippen molar-refractivity contribution in [3.63, 3.8) is 0 Å². The molecule has 1 amide bonds. The largest absolute Gasteiger partial charge is 0.332 e. The lowest BCUT2D eigenvalue weighted by Crippen LogP contribution is -2.59. The van der Waals surface area contributed by atoms with E-state index in [2.05, 4.69) is 15.4 Å². The molecule has 8 nitrogen and oxygen atoms in total. The van der Waals surface area contributed by atoms with Crippen LogP contribution in [0.1, 0.15) is 24.3 Å². The van der Waals surface area contributed by atoms with Gasteiger partial charge in [0, 0.05) is 25.2 Å². The van der Waals surface area contributed by atoms with Crippen LogP contribution in [0.5, 0.6) is 0 Å². The fourth-order valence-corrected chi connectivity index (χ4v) is 4.75. The molecule has 0 radical (unpaired) electrons. The van der Waals surface area contributed by atoms with Gasteiger partial charge in [0.25, 0.3) is 5.91 Å². The molecule has 1 fully saturated rings. The fourth-order valence-electron chi connectivity index (χ4n) is 2.97. The molecule has 26 heavy (non-hydrogen) atoms. The number of aromatic amines is 1. The van der Waals surface area contributed by atoms with E-state index in [0.717, 1.165) is 16.4 Å². The van der Waals surface area contributed by atoms with Gasteiger partial charge in [0.05, 0.1) is 6.20 Å². The second-order valence-corrected chi connectivity index (χ2v) is 8.02. The Labute approximate surface area is 148 Å². The topological polar surface area (TPSA) is 99.3 Å². The maximum absolute atomic E-state index is 14.0. The minimum Gasteiger partial charge on any atom is -0.332 e. The van der Waals surface area contributed by atoms with Crippen molar-refractivity contribution < 1.29 is 22.0 Å². The van der Waals surface area contributed by atoms with Gasteiger partial charge in [-0.1, -0.05) is 5.21 Å². The number of hydrogen-bond donors (Lipinski definition) is 1. The summed E-state index contributed by atoms with van der Waals surface area (Å²) in [6.45, 7) is 3.31. The SMILES string of the molecule is C[C@@H]1CN(C(=O)c2c[nH]nn2)[C@@H](C)CN1S(=O)(=O)c1cc(F)ccc1F. The fraction of sp³-hybridized carbons (Fsp3) is 0.400. The quantitative estimate of drug-likeness (QED) is 0.850. The average molecular weight is 385 g/mol. The molecule has 0 aliphatic carbocycles. The summed E-state index contributed by atoms with van der Waals surface area (Å²) in [7, 11) is -4.25. The Kier molecular flexibility index (Phi) is 4.76. The van der Waals surface area contributed by atoms with Gasteiger partial charge >= 0.3 is 0 Å². The molecular formula is C15H17F2N5O3S. The first kappa shape index (κ1) is 18.4. The maximum atomic E-state index is 14.0. The highest BCUT2D eigenvalue weighted by molar-refractivity contribution is 7.89. The van der Waals surface area contributed by atoms with Crippen LogP contribution in [0.2, 0.25) is 0 Å². The van der Waals surface area contributed by atoms with E-state index in [1.807, 2.05) is 0 Å². The Morgan fingerprint density at radius 1 is 1.23 bits per heavy atom. The Morgan fingerprint density at radius 2 is 1.96 bits per heavy atom. The highest BCUT2D eigenvalue weighted by Gasteiger charge is 2.40. The summed E-state index contributed by atoms with van der Waals surface area (Å²) in [4.78, 5) is 13.2. The minimum absolute atomic E-state index is 0.0525. The summed E-state index contributed by atoms with van der Waals surface area (Å²) in [5.41, 5.74) is 0.122. The summed E-state index contributed by atoms with van der Waals surface area (Å²) in [6, 6.07) is 1.18. The third-order valence-corrected chi connectivity index (χ3v) is 6.30. The number of piperazine rings is 1. The molecule has 2 heterocycles. The minimum atomic E-state index is -4.25. The lowest BCUT2D eigenvalue weighted by Gasteiger charge is -2.42. The molecule has 2 atom stereocenters. The molecule has 0 unspecified atom stereocenters. The Morgan fingerprint density at radius 3 is 2.62 bits per heavy atom. The van der Waals surface area contributed by atoms with E-state index in [9.17, 15) is 22.0 Å². The zero-order chi connectivity index (χ0) is 19.1. The molecule has 0 spiro atoms. The molecule has 3 rings (SSSR count). The number of H-pyrrole nitrogens is 1. The van der Waals surface area contributed by atoms with Crippen LogP contribution in [-0.2, 0) is 10.0 Å². The Bertz CT molecular complexity index is 919. The van der Waals surface area contributed by atoms with E-state index in [0.29, 0.717) is 6.07 Å². The van der Waals surface area contributed by atoms with Gasteiger partial charge in [-0.3, -0.25) is 9.89 Å². The van der Waals surface area contributed by atoms with Gasteiger partial charge < -0.3 is 4.90 Å². The van der Waals surface area contributed by atoms with Crippen LogP contribution >= 0.6 is 0 Å². The number of sulfonamides is 1. The van der Waals surface area contributed by atoms with Crippen LogP contribution in [0.3, 0.4) is 0 Å². The number of rotatable bonds is 3. The summed E-state index contributed by atoms with van der Waals surface area (Å²) in [6.07, 6.45) is 1.35. The molecule has 1 aromatic carbocycles. The van der Waals surface area contributed by atoms with Gasteiger partial charge in [0.1, 0.15) is 16.5 Å². The van der Waals surface area contributed by atoms with Gasteiger partial charge in [0.15, 0.2) is 5.69 Å². The molecule has 0 bridgehead atoms. The van der Waals surface area contributed by atoms with Crippen molar-refractivity contribution in [3.05, 3.63) is 41.7 Å². The van der Waals surface area contributed by atoms with Crippen molar-refractivity contribution in [1.29, 1.82) is 0 Å². The van der Waals surface area contributed by atoms with Crippen molar-refractivity contribution in [2.24, 2.45) is 0 Å². The number of carbonyl (C=O) groups excluding carboxylic acids is 1. The smallest absolute Gasteiger partial charge is 0.276 e. The number of halogens is 2. The molecule has 1 aliphatic rings. The second kappa shape index (κ2) is 6.72. The molecule has 0 saturated carbocycles. The van der Waals surface area contributed by atoms with Crippen molar-refractivity contribution >= 4 is 15.9 Å². The number of nitrogens with zero attached hydrogens (tertiary/aromatic N) is 4. The molecule has 1 N–H and O–H groups in total. The number of carbonyl (C=O) groups is 1. The summed E-state index contributed by atoms with van der Waals surface area (Å²) in [5.74, 6) is -2.25. The predicted molar refractivity (Wildman–Crippen MR) is 86.6 cm³/mol. The summed E-state index contributed by atoms with van der Waals surface area (Å²) >= 11 is 0. The monoisotopic (exact) mass is 385 g/mol. The molecule has 2 aromatic rings. The van der Waals surface area contributed by atoms with E-state index < -0.39 is 38.6 Å². The van der Waals surface area contributed by atoms with Gasteiger partial charge in [-0.15, -0.1) is 5.10 Å². The first-order valence-electron chi connectivity index (χ1n) is 7.86. The normalized spacial score (nSPS) is 21.8. The number of benzene rings is 1. The van der Waals surface area contributed by atoms with E-state index in [1.165, 1.54) is 11.1 Å². The number of amides is 1. The van der Waals surface area contributed by atoms with Crippen molar-refractivity contribution in [2.75, 3.05) is 13.1 Å². The average Bonchev–Trinajstić information content (AvgIpc) is 3.12. The third-order valence-electron chi connectivity index (χ3n) is 4.31. The van der Waals surface area contributed by atoms with Crippen LogP contribution in [0.4, 0.5) is 8.78 Å². The van der Waals surface area contributed by atoms with Crippen LogP contribution in [0.15, 0.2) is 29.3 Å². The summed E-state index contributed by atoms with van der Waals surface area (Å²) < 4.78 is 54.1. The van der Waals surface area contributed by atoms with Crippen LogP contribution in [0, 0.1) is 11.6 Å². The van der Waals surface area contributed by atoms with E-state index in [-0.39, 0.29) is 24.7 Å². The molecule has 1 aromatic heterocycles. The van der Waals surface area contributed by atoms with Crippen molar-refractivity contribution in [1.82, 2.24) is 24.6 Å². The van der Waals surface area contributed by atoms with Crippen molar-refractivity contribution in [2.45, 2.75) is 30.8 Å². The van der Waals surface area contributed by atoms with Gasteiger partial charge in [0.2, 0.25) is 10.0 Å². The zero-order valence-electron chi connectivity index (χ0n) is 14.1. The van der Waals surface area contributed by atoms with Gasteiger partial charge in [-0.25, -0.2) is 17.2 Å². The number of aromatic nitrogens is 3. The molecule has 1 saturated heterocycles. The van der Waals surface area contributed by atoms with Gasteiger partial charge in [-0.2, -0.15) is 4.31 Å². The zero-order valence-corrected chi connectivity index (χ0v) is 14.9. The number of hydrogen-bond acceptors (Lipinski definition) is 5. The maximum Gasteiger partial charge on any atom is 0.276 e. The first-order chi connectivity index (χ1) is 12.2. The first-order valence-corrected chi connectivity index (χ1v) is 9.30. The van der Waals surface area contributed by atoms with Crippen molar-refractivity contribution in [3.8, 4) is 0 Å². The van der Waals surface area contributed by atoms with Crippen LogP contribution < -0.4 is 0 Å². The Hall–Kier alpha value is -2.40. The standard InChI is InChI=1S/C15H17F2N5O3S/c1-9-8-22(26(24,25)14-5-11(16)3-4-12(14)17)10(2)7-21(9)15(23)13-6-18-20-19-13/h3-6,9-10H,7-8H2,1-2H3,(H,18,19,20)/t9-,10+/m0/s1. The van der Waals surface area contributed by atoms with Gasteiger partial charge in [-0.05, 0) is 32.0 Å².